The fourth-order valence-electron chi connectivity index (χ4n) is 2.59. The summed E-state index contributed by atoms with van der Waals surface area (Å²) in [5.41, 5.74) is 1.47. The SMILES string of the molecule is CCCc1cccc2c1ccc1ccccc12. The van der Waals surface area contributed by atoms with Crippen LogP contribution in [0.1, 0.15) is 18.9 Å². The molecule has 0 saturated carbocycles. The van der Waals surface area contributed by atoms with Gasteiger partial charge in [-0.3, -0.25) is 0 Å². The smallest absolute Gasteiger partial charge is 0.0103 e. The van der Waals surface area contributed by atoms with Gasteiger partial charge in [0.25, 0.3) is 0 Å². The van der Waals surface area contributed by atoms with Crippen LogP contribution in [0.15, 0.2) is 54.6 Å². The van der Waals surface area contributed by atoms with Crippen molar-refractivity contribution >= 4 is 21.5 Å². The van der Waals surface area contributed by atoms with Gasteiger partial charge in [0.15, 0.2) is 0 Å². The van der Waals surface area contributed by atoms with Crippen LogP contribution in [-0.4, -0.2) is 0 Å². The van der Waals surface area contributed by atoms with Crippen LogP contribution in [0.3, 0.4) is 0 Å². The molecule has 0 radical (unpaired) electrons. The van der Waals surface area contributed by atoms with E-state index in [1.165, 1.54) is 33.5 Å². The van der Waals surface area contributed by atoms with Gasteiger partial charge in [-0.05, 0) is 33.5 Å². The number of hydrogen-bond donors (Lipinski definition) is 0. The lowest BCUT2D eigenvalue weighted by atomic mass is 9.96. The van der Waals surface area contributed by atoms with Crippen molar-refractivity contribution in [2.45, 2.75) is 19.8 Å². The monoisotopic (exact) mass is 220 g/mol. The second-order valence-corrected chi connectivity index (χ2v) is 4.55. The van der Waals surface area contributed by atoms with Gasteiger partial charge in [0.1, 0.15) is 0 Å². The molecule has 0 fully saturated rings. The molecule has 0 atom stereocenters. The molecule has 0 aliphatic rings. The minimum Gasteiger partial charge on any atom is -0.0651 e. The highest BCUT2D eigenvalue weighted by Gasteiger charge is 2.03. The van der Waals surface area contributed by atoms with Gasteiger partial charge in [-0.1, -0.05) is 67.9 Å². The van der Waals surface area contributed by atoms with Gasteiger partial charge in [0.2, 0.25) is 0 Å². The molecule has 3 rings (SSSR count). The van der Waals surface area contributed by atoms with Crippen LogP contribution in [0.2, 0.25) is 0 Å². The van der Waals surface area contributed by atoms with Crippen molar-refractivity contribution in [3.8, 4) is 0 Å². The summed E-state index contributed by atoms with van der Waals surface area (Å²) in [4.78, 5) is 0. The number of aryl methyl sites for hydroxylation is 1. The van der Waals surface area contributed by atoms with Crippen LogP contribution in [0, 0.1) is 0 Å². The van der Waals surface area contributed by atoms with Gasteiger partial charge < -0.3 is 0 Å². The second kappa shape index (κ2) is 4.21. The molecule has 84 valence electrons. The van der Waals surface area contributed by atoms with Crippen molar-refractivity contribution in [2.75, 3.05) is 0 Å². The van der Waals surface area contributed by atoms with Crippen molar-refractivity contribution in [3.63, 3.8) is 0 Å². The third-order valence-corrected chi connectivity index (χ3v) is 3.40. The second-order valence-electron chi connectivity index (χ2n) is 4.55. The lowest BCUT2D eigenvalue weighted by molar-refractivity contribution is 0.930. The quantitative estimate of drug-likeness (QED) is 0.536. The molecule has 0 amide bonds. The third-order valence-electron chi connectivity index (χ3n) is 3.40. The minimum atomic E-state index is 1.16. The zero-order valence-corrected chi connectivity index (χ0v) is 10.1. The standard InChI is InChI=1S/C17H16/c1-2-6-13-8-5-10-17-15-9-4-3-7-14(15)11-12-16(13)17/h3-5,7-12H,2,6H2,1H3. The number of rotatable bonds is 2. The summed E-state index contributed by atoms with van der Waals surface area (Å²) < 4.78 is 0. The van der Waals surface area contributed by atoms with Gasteiger partial charge in [-0.15, -0.1) is 0 Å². The summed E-state index contributed by atoms with van der Waals surface area (Å²) in [6.07, 6.45) is 2.36. The average molecular weight is 220 g/mol. The van der Waals surface area contributed by atoms with E-state index in [1.807, 2.05) is 0 Å². The molecule has 0 spiro atoms. The highest BCUT2D eigenvalue weighted by Crippen LogP contribution is 2.27. The van der Waals surface area contributed by atoms with Crippen molar-refractivity contribution in [1.29, 1.82) is 0 Å². The van der Waals surface area contributed by atoms with Crippen LogP contribution < -0.4 is 0 Å². The van der Waals surface area contributed by atoms with Gasteiger partial charge in [-0.2, -0.15) is 0 Å². The summed E-state index contributed by atoms with van der Waals surface area (Å²) >= 11 is 0. The summed E-state index contributed by atoms with van der Waals surface area (Å²) in [7, 11) is 0. The molecule has 0 unspecified atom stereocenters. The predicted octanol–water partition coefficient (Wildman–Crippen LogP) is 4.95. The highest BCUT2D eigenvalue weighted by atomic mass is 14.1. The lowest BCUT2D eigenvalue weighted by Crippen LogP contribution is -1.86. The van der Waals surface area contributed by atoms with E-state index in [2.05, 4.69) is 61.5 Å². The molecule has 0 heteroatoms. The van der Waals surface area contributed by atoms with Crippen molar-refractivity contribution in [1.82, 2.24) is 0 Å². The summed E-state index contributed by atoms with van der Waals surface area (Å²) in [6, 6.07) is 19.8. The molecular weight excluding hydrogens is 204 g/mol. The fraction of sp³-hybridized carbons (Fsp3) is 0.176. The average Bonchev–Trinajstić information content (AvgIpc) is 2.39. The van der Waals surface area contributed by atoms with Crippen LogP contribution >= 0.6 is 0 Å². The molecular formula is C17H16. The van der Waals surface area contributed by atoms with E-state index in [-0.39, 0.29) is 0 Å². The molecule has 3 aromatic carbocycles. The Labute approximate surface area is 102 Å². The first-order valence-electron chi connectivity index (χ1n) is 6.29. The minimum absolute atomic E-state index is 1.16. The molecule has 0 saturated heterocycles. The first-order chi connectivity index (χ1) is 8.40. The maximum Gasteiger partial charge on any atom is -0.0103 e. The topological polar surface area (TPSA) is 0 Å². The van der Waals surface area contributed by atoms with E-state index in [0.717, 1.165) is 6.42 Å². The molecule has 0 nitrogen and oxygen atoms in total. The fourth-order valence-corrected chi connectivity index (χ4v) is 2.59. The van der Waals surface area contributed by atoms with Crippen molar-refractivity contribution in [3.05, 3.63) is 60.2 Å². The van der Waals surface area contributed by atoms with Crippen LogP contribution in [0.5, 0.6) is 0 Å². The van der Waals surface area contributed by atoms with E-state index in [1.54, 1.807) is 0 Å². The van der Waals surface area contributed by atoms with Gasteiger partial charge in [0.05, 0.1) is 0 Å². The molecule has 0 heterocycles. The maximum absolute atomic E-state index is 2.27. The summed E-state index contributed by atoms with van der Waals surface area (Å²) in [6.45, 7) is 2.24. The first-order valence-corrected chi connectivity index (χ1v) is 6.29. The molecule has 0 aliphatic carbocycles. The van der Waals surface area contributed by atoms with Crippen LogP contribution in [0.4, 0.5) is 0 Å². The van der Waals surface area contributed by atoms with Crippen molar-refractivity contribution in [2.24, 2.45) is 0 Å². The zero-order chi connectivity index (χ0) is 11.7. The van der Waals surface area contributed by atoms with E-state index >= 15 is 0 Å². The highest BCUT2D eigenvalue weighted by molar-refractivity contribution is 6.08. The van der Waals surface area contributed by atoms with Crippen LogP contribution in [-0.2, 0) is 6.42 Å². The molecule has 3 aromatic rings. The lowest BCUT2D eigenvalue weighted by Gasteiger charge is -2.08. The van der Waals surface area contributed by atoms with E-state index in [4.69, 9.17) is 0 Å². The van der Waals surface area contributed by atoms with Gasteiger partial charge in [-0.25, -0.2) is 0 Å². The Balaban J connectivity index is 2.40. The molecule has 0 N–H and O–H groups in total. The van der Waals surface area contributed by atoms with E-state index in [0.29, 0.717) is 0 Å². The Morgan fingerprint density at radius 1 is 0.706 bits per heavy atom. The Bertz CT molecular complexity index is 665. The Morgan fingerprint density at radius 2 is 1.53 bits per heavy atom. The third kappa shape index (κ3) is 1.70. The largest absolute Gasteiger partial charge is 0.0651 e. The van der Waals surface area contributed by atoms with Gasteiger partial charge >= 0.3 is 0 Å². The van der Waals surface area contributed by atoms with Crippen molar-refractivity contribution < 1.29 is 0 Å². The van der Waals surface area contributed by atoms with E-state index in [9.17, 15) is 0 Å². The molecule has 17 heavy (non-hydrogen) atoms. The summed E-state index contributed by atoms with van der Waals surface area (Å²) in [5.74, 6) is 0. The Hall–Kier alpha value is -1.82. The predicted molar refractivity (Wildman–Crippen MR) is 75.4 cm³/mol. The summed E-state index contributed by atoms with van der Waals surface area (Å²) in [5, 5.41) is 5.48. The number of hydrogen-bond acceptors (Lipinski definition) is 0. The number of fused-ring (bicyclic) bond motifs is 3. The van der Waals surface area contributed by atoms with Crippen LogP contribution in [0.25, 0.3) is 21.5 Å². The maximum atomic E-state index is 2.27. The molecule has 0 aromatic heterocycles. The molecule has 0 bridgehead atoms. The number of benzene rings is 3. The Morgan fingerprint density at radius 3 is 2.41 bits per heavy atom. The van der Waals surface area contributed by atoms with E-state index < -0.39 is 0 Å². The Kier molecular flexibility index (Phi) is 2.56. The normalized spacial score (nSPS) is 11.1. The molecule has 0 aliphatic heterocycles. The van der Waals surface area contributed by atoms with Gasteiger partial charge in [0, 0.05) is 0 Å². The zero-order valence-electron chi connectivity index (χ0n) is 10.1. The first kappa shape index (κ1) is 10.3.